The first-order valence-corrected chi connectivity index (χ1v) is 7.71. The molecule has 21 heavy (non-hydrogen) atoms. The van der Waals surface area contributed by atoms with Gasteiger partial charge in [-0.1, -0.05) is 11.3 Å². The average molecular weight is 303 g/mol. The molecule has 1 amide bonds. The molecule has 2 aromatic heterocycles. The van der Waals surface area contributed by atoms with E-state index in [0.717, 1.165) is 18.5 Å². The lowest BCUT2D eigenvalue weighted by Gasteiger charge is -2.25. The Labute approximate surface area is 126 Å². The molecule has 110 valence electrons. The molecule has 2 heterocycles. The van der Waals surface area contributed by atoms with Gasteiger partial charge in [-0.15, -0.1) is 0 Å². The molecular weight excluding hydrogens is 286 g/mol. The number of rotatable bonds is 4. The quantitative estimate of drug-likeness (QED) is 0.807. The first-order chi connectivity index (χ1) is 10.1. The fourth-order valence-electron chi connectivity index (χ4n) is 2.08. The third kappa shape index (κ3) is 2.97. The maximum absolute atomic E-state index is 12.3. The number of thiazole rings is 1. The third-order valence-corrected chi connectivity index (χ3v) is 4.55. The van der Waals surface area contributed by atoms with Crippen molar-refractivity contribution >= 4 is 33.9 Å². The molecule has 0 aromatic carbocycles. The lowest BCUT2D eigenvalue weighted by atomic mass is 9.93. The Morgan fingerprint density at radius 3 is 2.95 bits per heavy atom. The third-order valence-electron chi connectivity index (χ3n) is 3.55. The number of nitrogens with one attached hydrogen (secondary N) is 2. The molecule has 6 nitrogen and oxygen atoms in total. The number of carbonyl (C=O) groups excluding carboxylic acids is 1. The highest BCUT2D eigenvalue weighted by Crippen LogP contribution is 2.30. The van der Waals surface area contributed by atoms with Crippen LogP contribution in [0.15, 0.2) is 18.3 Å². The van der Waals surface area contributed by atoms with Crippen molar-refractivity contribution in [3.05, 3.63) is 28.9 Å². The molecule has 2 aromatic rings. The van der Waals surface area contributed by atoms with Crippen LogP contribution in [0.3, 0.4) is 0 Å². The summed E-state index contributed by atoms with van der Waals surface area (Å²) in [6, 6.07) is 4.06. The fourth-order valence-corrected chi connectivity index (χ4v) is 2.94. The molecule has 0 atom stereocenters. The van der Waals surface area contributed by atoms with Crippen molar-refractivity contribution in [2.75, 3.05) is 16.4 Å². The molecule has 1 aliphatic rings. The lowest BCUT2D eigenvalue weighted by Crippen LogP contribution is -2.26. The van der Waals surface area contributed by atoms with Crippen molar-refractivity contribution in [1.82, 2.24) is 9.97 Å². The van der Waals surface area contributed by atoms with Crippen LogP contribution in [0.2, 0.25) is 0 Å². The van der Waals surface area contributed by atoms with Gasteiger partial charge in [0.2, 0.25) is 0 Å². The van der Waals surface area contributed by atoms with Crippen molar-refractivity contribution in [2.45, 2.75) is 32.2 Å². The van der Waals surface area contributed by atoms with Crippen LogP contribution in [0.5, 0.6) is 0 Å². The van der Waals surface area contributed by atoms with E-state index in [1.165, 1.54) is 17.8 Å². The van der Waals surface area contributed by atoms with E-state index in [4.69, 9.17) is 5.73 Å². The number of aryl methyl sites for hydroxylation is 1. The highest BCUT2D eigenvalue weighted by molar-refractivity contribution is 7.18. The van der Waals surface area contributed by atoms with E-state index in [9.17, 15) is 4.79 Å². The van der Waals surface area contributed by atoms with Crippen molar-refractivity contribution in [2.24, 2.45) is 0 Å². The van der Waals surface area contributed by atoms with Gasteiger partial charge in [0.1, 0.15) is 10.7 Å². The number of hydrogen-bond donors (Lipinski definition) is 3. The van der Waals surface area contributed by atoms with E-state index in [1.807, 2.05) is 13.0 Å². The molecule has 1 fully saturated rings. The predicted octanol–water partition coefficient (Wildman–Crippen LogP) is 2.65. The Morgan fingerprint density at radius 2 is 2.29 bits per heavy atom. The van der Waals surface area contributed by atoms with Gasteiger partial charge in [-0.25, -0.2) is 4.98 Å². The van der Waals surface area contributed by atoms with Crippen LogP contribution in [0.1, 0.15) is 34.6 Å². The van der Waals surface area contributed by atoms with Gasteiger partial charge < -0.3 is 16.4 Å². The molecule has 0 bridgehead atoms. The van der Waals surface area contributed by atoms with E-state index in [-0.39, 0.29) is 11.7 Å². The Bertz CT molecular complexity index is 665. The Kier molecular flexibility index (Phi) is 3.74. The molecular formula is C14H17N5OS. The molecule has 0 radical (unpaired) electrons. The van der Waals surface area contributed by atoms with Gasteiger partial charge in [-0.2, -0.15) is 0 Å². The SMILES string of the molecule is Cc1ncccc1NC(=O)c1sc(NC2CCC2)nc1N. The number of nitrogen functional groups attached to an aromatic ring is 1. The second-order valence-electron chi connectivity index (χ2n) is 5.10. The standard InChI is InChI=1S/C14H17N5OS/c1-8-10(6-3-7-16-8)18-13(20)11-12(15)19-14(21-11)17-9-4-2-5-9/h3,6-7,9H,2,4-5,15H2,1H3,(H,17,19)(H,18,20). The topological polar surface area (TPSA) is 92.9 Å². The first kappa shape index (κ1) is 13.8. The van der Waals surface area contributed by atoms with Crippen molar-refractivity contribution in [3.8, 4) is 0 Å². The zero-order valence-corrected chi connectivity index (χ0v) is 12.5. The largest absolute Gasteiger partial charge is 0.382 e. The number of carbonyl (C=O) groups is 1. The van der Waals surface area contributed by atoms with Gasteiger partial charge >= 0.3 is 0 Å². The minimum atomic E-state index is -0.247. The van der Waals surface area contributed by atoms with Crippen molar-refractivity contribution in [3.63, 3.8) is 0 Å². The van der Waals surface area contributed by atoms with Gasteiger partial charge in [0.25, 0.3) is 5.91 Å². The fraction of sp³-hybridized carbons (Fsp3) is 0.357. The highest BCUT2D eigenvalue weighted by Gasteiger charge is 2.21. The molecule has 0 saturated heterocycles. The Hall–Kier alpha value is -2.15. The molecule has 0 unspecified atom stereocenters. The smallest absolute Gasteiger partial charge is 0.269 e. The van der Waals surface area contributed by atoms with Crippen LogP contribution in [0.4, 0.5) is 16.6 Å². The summed E-state index contributed by atoms with van der Waals surface area (Å²) in [6.07, 6.45) is 5.23. The molecule has 1 saturated carbocycles. The summed E-state index contributed by atoms with van der Waals surface area (Å²) in [7, 11) is 0. The van der Waals surface area contributed by atoms with Gasteiger partial charge in [-0.3, -0.25) is 9.78 Å². The summed E-state index contributed by atoms with van der Waals surface area (Å²) in [5, 5.41) is 6.84. The molecule has 4 N–H and O–H groups in total. The van der Waals surface area contributed by atoms with Crippen LogP contribution in [-0.2, 0) is 0 Å². The van der Waals surface area contributed by atoms with Crippen LogP contribution in [0.25, 0.3) is 0 Å². The van der Waals surface area contributed by atoms with Gasteiger partial charge in [0.15, 0.2) is 5.13 Å². The number of nitrogens with zero attached hydrogens (tertiary/aromatic N) is 2. The van der Waals surface area contributed by atoms with E-state index in [1.54, 1.807) is 12.3 Å². The summed E-state index contributed by atoms with van der Waals surface area (Å²) in [6.45, 7) is 1.84. The van der Waals surface area contributed by atoms with Crippen molar-refractivity contribution in [1.29, 1.82) is 0 Å². The summed E-state index contributed by atoms with van der Waals surface area (Å²) >= 11 is 1.29. The number of pyridine rings is 1. The lowest BCUT2D eigenvalue weighted by molar-refractivity contribution is 0.103. The normalized spacial score (nSPS) is 14.5. The van der Waals surface area contributed by atoms with Crippen LogP contribution in [0, 0.1) is 6.92 Å². The summed E-state index contributed by atoms with van der Waals surface area (Å²) in [4.78, 5) is 21.1. The number of anilines is 3. The minimum Gasteiger partial charge on any atom is -0.382 e. The second kappa shape index (κ2) is 5.69. The monoisotopic (exact) mass is 303 g/mol. The Balaban J connectivity index is 1.73. The number of amides is 1. The first-order valence-electron chi connectivity index (χ1n) is 6.89. The molecule has 3 rings (SSSR count). The van der Waals surface area contributed by atoms with E-state index >= 15 is 0 Å². The molecule has 7 heteroatoms. The zero-order valence-electron chi connectivity index (χ0n) is 11.7. The number of aromatic nitrogens is 2. The maximum Gasteiger partial charge on any atom is 0.269 e. The van der Waals surface area contributed by atoms with E-state index in [2.05, 4.69) is 20.6 Å². The predicted molar refractivity (Wildman–Crippen MR) is 84.7 cm³/mol. The number of hydrogen-bond acceptors (Lipinski definition) is 6. The molecule has 0 spiro atoms. The Morgan fingerprint density at radius 1 is 1.48 bits per heavy atom. The van der Waals surface area contributed by atoms with E-state index < -0.39 is 0 Å². The minimum absolute atomic E-state index is 0.247. The van der Waals surface area contributed by atoms with Crippen LogP contribution >= 0.6 is 11.3 Å². The van der Waals surface area contributed by atoms with Crippen LogP contribution in [-0.4, -0.2) is 21.9 Å². The number of nitrogens with two attached hydrogens (primary N) is 1. The second-order valence-corrected chi connectivity index (χ2v) is 6.10. The van der Waals surface area contributed by atoms with Gasteiger partial charge in [0, 0.05) is 12.2 Å². The van der Waals surface area contributed by atoms with Gasteiger partial charge in [0.05, 0.1) is 11.4 Å². The van der Waals surface area contributed by atoms with Crippen LogP contribution < -0.4 is 16.4 Å². The van der Waals surface area contributed by atoms with Crippen molar-refractivity contribution < 1.29 is 4.79 Å². The van der Waals surface area contributed by atoms with E-state index in [0.29, 0.717) is 21.7 Å². The molecule has 1 aliphatic carbocycles. The molecule has 0 aliphatic heterocycles. The summed E-state index contributed by atoms with van der Waals surface area (Å²) < 4.78 is 0. The van der Waals surface area contributed by atoms with Gasteiger partial charge in [-0.05, 0) is 38.3 Å². The average Bonchev–Trinajstić information content (AvgIpc) is 2.78. The highest BCUT2D eigenvalue weighted by atomic mass is 32.1. The summed E-state index contributed by atoms with van der Waals surface area (Å²) in [5.74, 6) is 0.0172. The summed E-state index contributed by atoms with van der Waals surface area (Å²) in [5.41, 5.74) is 7.30. The zero-order chi connectivity index (χ0) is 14.8. The maximum atomic E-state index is 12.3.